The van der Waals surface area contributed by atoms with E-state index in [0.717, 1.165) is 106 Å². The highest BCUT2D eigenvalue weighted by molar-refractivity contribution is 6.28. The summed E-state index contributed by atoms with van der Waals surface area (Å²) in [6.07, 6.45) is 0. The van der Waals surface area contributed by atoms with E-state index < -0.39 is 0 Å². The third-order valence-corrected chi connectivity index (χ3v) is 29.6. The van der Waals surface area contributed by atoms with Crippen molar-refractivity contribution in [1.29, 1.82) is 0 Å². The quantitative estimate of drug-likeness (QED) is 0.102. The predicted octanol–water partition coefficient (Wildman–Crippen LogP) is 41.0. The largest absolute Gasteiger partial charge is 0.455 e. The first-order valence-corrected chi connectivity index (χ1v) is 50.5. The molecule has 29 aromatic rings. The molecule has 0 aliphatic heterocycles. The standard InChI is InChI=1S/2C50H32O.C44H28O/c1-3-16-35(17-4-1)47-49-44(27-14-28-45(49)51-50(47)37-18-5-2-6-19-37)48-42-24-11-9-22-40(42)46(41-23-10-12-25-43(41)48)36-31-29-34(30-32-36)39-26-13-20-33-15-7-8-21-38(33)39;1-3-15-35(16-4-1)49-45-32-38(30-31-46(45)51-50(49)37-17-5-2-6-18-37)48-43-23-11-9-21-41(43)47(42-22-10-12-24-44(42)48)36-28-26-34(27-29-36)40-25-13-19-33-14-7-8-20-39(33)40;1-3-15-30(16-4-1)41-38-24-13-25-39(44(38)45-43(41)31-17-5-2-6-18-31)42-36-22-11-9-20-34(36)40(35-21-10-12-23-37(35)42)33-27-26-29-14-7-8-19-32(29)28-33/h2*1-32H;1-28H. The van der Waals surface area contributed by atoms with Crippen LogP contribution in [-0.4, -0.2) is 0 Å². The summed E-state index contributed by atoms with van der Waals surface area (Å²) < 4.78 is 20.4. The predicted molar refractivity (Wildman–Crippen MR) is 622 cm³/mol. The van der Waals surface area contributed by atoms with Crippen LogP contribution in [0.2, 0.25) is 0 Å². The van der Waals surface area contributed by atoms with Gasteiger partial charge in [0, 0.05) is 60.7 Å². The molecule has 147 heavy (non-hydrogen) atoms. The first-order chi connectivity index (χ1) is 73.0. The lowest BCUT2D eigenvalue weighted by molar-refractivity contribution is 0.632. The van der Waals surface area contributed by atoms with E-state index in [1.165, 1.54) is 180 Å². The number of rotatable bonds is 14. The minimum atomic E-state index is 0.881. The van der Waals surface area contributed by atoms with Gasteiger partial charge in [-0.2, -0.15) is 0 Å². The Balaban J connectivity index is 0.000000109. The minimum absolute atomic E-state index is 0.881. The summed E-state index contributed by atoms with van der Waals surface area (Å²) in [4.78, 5) is 0. The van der Waals surface area contributed by atoms with Gasteiger partial charge in [-0.05, 0) is 216 Å². The molecule has 0 radical (unpaired) electrons. The zero-order valence-corrected chi connectivity index (χ0v) is 80.3. The molecular formula is C144H92O3. The van der Waals surface area contributed by atoms with Gasteiger partial charge in [-0.1, -0.05) is 534 Å². The number of fused-ring (bicyclic) bond motifs is 12. The van der Waals surface area contributed by atoms with Gasteiger partial charge in [0.2, 0.25) is 0 Å². The lowest BCUT2D eigenvalue weighted by Crippen LogP contribution is -1.92. The molecule has 26 aromatic carbocycles. The minimum Gasteiger partial charge on any atom is -0.455 e. The molecule has 3 aromatic heterocycles. The van der Waals surface area contributed by atoms with Gasteiger partial charge in [0.1, 0.15) is 34.0 Å². The van der Waals surface area contributed by atoms with E-state index in [1.807, 2.05) is 6.07 Å². The maximum Gasteiger partial charge on any atom is 0.143 e. The summed E-state index contributed by atoms with van der Waals surface area (Å²) >= 11 is 0. The molecule has 0 aliphatic rings. The molecule has 0 amide bonds. The topological polar surface area (TPSA) is 39.4 Å². The number of furan rings is 3. The van der Waals surface area contributed by atoms with Crippen LogP contribution in [0, 0.1) is 0 Å². The highest BCUT2D eigenvalue weighted by atomic mass is 16.3. The summed E-state index contributed by atoms with van der Waals surface area (Å²) in [6.45, 7) is 0. The summed E-state index contributed by atoms with van der Waals surface area (Å²) in [5.41, 5.74) is 32.1. The van der Waals surface area contributed by atoms with E-state index in [9.17, 15) is 0 Å². The van der Waals surface area contributed by atoms with E-state index in [-0.39, 0.29) is 0 Å². The maximum absolute atomic E-state index is 6.99. The number of hydrogen-bond acceptors (Lipinski definition) is 3. The number of para-hydroxylation sites is 1. The molecule has 0 spiro atoms. The van der Waals surface area contributed by atoms with Crippen molar-refractivity contribution in [3.05, 3.63) is 558 Å². The second-order valence-electron chi connectivity index (χ2n) is 38.0. The van der Waals surface area contributed by atoms with Crippen LogP contribution in [0.15, 0.2) is 571 Å². The first kappa shape index (κ1) is 86.8. The molecule has 0 saturated heterocycles. The number of hydrogen-bond donors (Lipinski definition) is 0. The molecule has 3 heteroatoms. The van der Waals surface area contributed by atoms with Crippen molar-refractivity contribution in [1.82, 2.24) is 0 Å². The van der Waals surface area contributed by atoms with Gasteiger partial charge in [-0.25, -0.2) is 0 Å². The molecule has 0 N–H and O–H groups in total. The van der Waals surface area contributed by atoms with Gasteiger partial charge in [0.05, 0.1) is 0 Å². The molecule has 0 aliphatic carbocycles. The highest BCUT2D eigenvalue weighted by Gasteiger charge is 2.29. The van der Waals surface area contributed by atoms with Gasteiger partial charge in [0.25, 0.3) is 0 Å². The Morgan fingerprint density at radius 3 is 0.796 bits per heavy atom. The molecule has 0 bridgehead atoms. The summed E-state index contributed by atoms with van der Waals surface area (Å²) in [5, 5.41) is 25.6. The van der Waals surface area contributed by atoms with Crippen LogP contribution < -0.4 is 0 Å². The Hall–Kier alpha value is -19.3. The summed E-state index contributed by atoms with van der Waals surface area (Å²) in [5.74, 6) is 2.68. The molecule has 0 unspecified atom stereocenters. The fourth-order valence-corrected chi connectivity index (χ4v) is 23.1. The lowest BCUT2D eigenvalue weighted by Gasteiger charge is -2.19. The maximum atomic E-state index is 6.99. The van der Waals surface area contributed by atoms with Crippen molar-refractivity contribution < 1.29 is 13.3 Å². The zero-order chi connectivity index (χ0) is 97.2. The van der Waals surface area contributed by atoms with Crippen molar-refractivity contribution in [3.63, 3.8) is 0 Å². The van der Waals surface area contributed by atoms with Crippen molar-refractivity contribution in [2.45, 2.75) is 0 Å². The third kappa shape index (κ3) is 15.4. The van der Waals surface area contributed by atoms with Crippen LogP contribution in [0.5, 0.6) is 0 Å². The van der Waals surface area contributed by atoms with Crippen LogP contribution in [0.25, 0.3) is 286 Å². The molecule has 686 valence electrons. The normalized spacial score (nSPS) is 11.5. The van der Waals surface area contributed by atoms with E-state index in [1.54, 1.807) is 0 Å². The van der Waals surface area contributed by atoms with Gasteiger partial charge in [-0.3, -0.25) is 0 Å². The monoisotopic (exact) mass is 1870 g/mol. The Bertz CT molecular complexity index is 9940. The summed E-state index contributed by atoms with van der Waals surface area (Å²) in [7, 11) is 0. The second-order valence-corrected chi connectivity index (χ2v) is 38.0. The van der Waals surface area contributed by atoms with E-state index in [0.29, 0.717) is 0 Å². The van der Waals surface area contributed by atoms with Crippen molar-refractivity contribution >= 4 is 130 Å². The SMILES string of the molecule is c1ccc(-c2oc3c(-c4c5ccccc5c(-c5ccc6ccccc6c5)c5ccccc45)cccc3c2-c2ccccc2)cc1.c1ccc(-c2oc3ccc(-c4c5ccccc5c(-c5ccc(-c6cccc7ccccc67)cc5)c5ccccc45)cc3c2-c2ccccc2)cc1.c1ccc(-c2oc3cccc(-c4c5ccccc5c(-c5ccc(-c6cccc7ccccc67)cc5)c5ccccc45)c3c2-c2ccccc2)cc1. The number of benzene rings is 26. The lowest BCUT2D eigenvalue weighted by atomic mass is 9.84. The molecular weight excluding hydrogens is 1780 g/mol. The third-order valence-electron chi connectivity index (χ3n) is 29.6. The average molecular weight is 1870 g/mol. The summed E-state index contributed by atoms with van der Waals surface area (Å²) in [6, 6.07) is 200. The smallest absolute Gasteiger partial charge is 0.143 e. The Morgan fingerprint density at radius 2 is 0.367 bits per heavy atom. The molecule has 3 nitrogen and oxygen atoms in total. The fourth-order valence-electron chi connectivity index (χ4n) is 23.1. The Labute approximate surface area is 851 Å². The van der Waals surface area contributed by atoms with Gasteiger partial charge in [-0.15, -0.1) is 0 Å². The first-order valence-electron chi connectivity index (χ1n) is 50.5. The Morgan fingerprint density at radius 1 is 0.109 bits per heavy atom. The molecule has 0 fully saturated rings. The fraction of sp³-hybridized carbons (Fsp3) is 0. The van der Waals surface area contributed by atoms with E-state index in [2.05, 4.69) is 552 Å². The van der Waals surface area contributed by atoms with Gasteiger partial charge >= 0.3 is 0 Å². The van der Waals surface area contributed by atoms with Crippen LogP contribution in [0.4, 0.5) is 0 Å². The van der Waals surface area contributed by atoms with Crippen LogP contribution >= 0.6 is 0 Å². The highest BCUT2D eigenvalue weighted by Crippen LogP contribution is 2.55. The molecule has 0 atom stereocenters. The Kier molecular flexibility index (Phi) is 22.0. The van der Waals surface area contributed by atoms with Gasteiger partial charge in [0.15, 0.2) is 0 Å². The van der Waals surface area contributed by atoms with Crippen LogP contribution in [0.3, 0.4) is 0 Å². The second kappa shape index (κ2) is 37.3. The van der Waals surface area contributed by atoms with E-state index in [4.69, 9.17) is 13.3 Å². The van der Waals surface area contributed by atoms with Gasteiger partial charge < -0.3 is 13.3 Å². The zero-order valence-electron chi connectivity index (χ0n) is 80.3. The molecule has 0 saturated carbocycles. The van der Waals surface area contributed by atoms with Crippen molar-refractivity contribution in [2.75, 3.05) is 0 Å². The van der Waals surface area contributed by atoms with E-state index >= 15 is 0 Å². The molecule has 3 heterocycles. The van der Waals surface area contributed by atoms with Crippen molar-refractivity contribution in [2.24, 2.45) is 0 Å². The molecule has 29 rings (SSSR count). The average Bonchev–Trinajstić information content (AvgIpc) is 1.64. The van der Waals surface area contributed by atoms with Crippen LogP contribution in [0.1, 0.15) is 0 Å². The van der Waals surface area contributed by atoms with Crippen LogP contribution in [-0.2, 0) is 0 Å². The van der Waals surface area contributed by atoms with Crippen molar-refractivity contribution in [3.8, 4) is 156 Å².